The fourth-order valence-electron chi connectivity index (χ4n) is 3.82. The lowest BCUT2D eigenvalue weighted by atomic mass is 9.87. The third-order valence-electron chi connectivity index (χ3n) is 5.30. The summed E-state index contributed by atoms with van der Waals surface area (Å²) in [5, 5.41) is 3.90. The van der Waals surface area contributed by atoms with Crippen LogP contribution in [0.5, 0.6) is 0 Å². The first-order valence-electron chi connectivity index (χ1n) is 9.79. The highest BCUT2D eigenvalue weighted by molar-refractivity contribution is 5.88. The molecule has 0 saturated carbocycles. The zero-order valence-corrected chi connectivity index (χ0v) is 16.2. The quantitative estimate of drug-likeness (QED) is 0.450. The van der Waals surface area contributed by atoms with E-state index in [-0.39, 0.29) is 18.1 Å². The van der Waals surface area contributed by atoms with E-state index in [9.17, 15) is 9.18 Å². The highest BCUT2D eigenvalue weighted by Gasteiger charge is 2.24. The molecule has 2 aromatic carbocycles. The van der Waals surface area contributed by atoms with Crippen molar-refractivity contribution in [2.24, 2.45) is 0 Å². The van der Waals surface area contributed by atoms with Gasteiger partial charge >= 0.3 is 0 Å². The topological polar surface area (TPSA) is 58.0 Å². The Morgan fingerprint density at radius 3 is 2.72 bits per heavy atom. The number of aromatic nitrogens is 1. The Kier molecular flexibility index (Phi) is 5.47. The van der Waals surface area contributed by atoms with E-state index in [2.05, 4.69) is 23.3 Å². The third kappa shape index (κ3) is 3.94. The number of para-hydroxylation sites is 1. The number of aromatic amines is 1. The van der Waals surface area contributed by atoms with Gasteiger partial charge in [-0.15, -0.1) is 0 Å². The van der Waals surface area contributed by atoms with Crippen LogP contribution >= 0.6 is 0 Å². The van der Waals surface area contributed by atoms with Crippen LogP contribution in [0.25, 0.3) is 10.9 Å². The van der Waals surface area contributed by atoms with E-state index in [1.807, 2.05) is 18.3 Å². The van der Waals surface area contributed by atoms with Crippen LogP contribution in [-0.2, 0) is 17.8 Å². The summed E-state index contributed by atoms with van der Waals surface area (Å²) in [5.41, 5.74) is 3.68. The lowest BCUT2D eigenvalue weighted by Gasteiger charge is -2.18. The normalized spacial score (nSPS) is 12.2. The van der Waals surface area contributed by atoms with E-state index in [4.69, 9.17) is 4.42 Å². The fraction of sp³-hybridized carbons (Fsp3) is 0.208. The molecule has 1 atom stereocenters. The van der Waals surface area contributed by atoms with Gasteiger partial charge in [0, 0.05) is 29.4 Å². The second kappa shape index (κ2) is 8.35. The third-order valence-corrected chi connectivity index (χ3v) is 5.30. The number of nitrogens with one attached hydrogen (secondary N) is 2. The molecule has 0 fully saturated rings. The number of H-pyrrole nitrogens is 1. The molecule has 2 N–H and O–H groups in total. The molecule has 2 heterocycles. The van der Waals surface area contributed by atoms with Crippen LogP contribution in [0, 0.1) is 5.82 Å². The summed E-state index contributed by atoms with van der Waals surface area (Å²) in [6.07, 6.45) is 4.51. The van der Waals surface area contributed by atoms with Gasteiger partial charge in [-0.05, 0) is 41.3 Å². The van der Waals surface area contributed by atoms with Crippen molar-refractivity contribution in [1.82, 2.24) is 10.3 Å². The number of furan rings is 1. The highest BCUT2D eigenvalue weighted by Crippen LogP contribution is 2.35. The zero-order chi connectivity index (χ0) is 20.2. The van der Waals surface area contributed by atoms with Gasteiger partial charge in [0.25, 0.3) is 0 Å². The molecule has 1 unspecified atom stereocenters. The van der Waals surface area contributed by atoms with Crippen LogP contribution in [-0.4, -0.2) is 10.9 Å². The van der Waals surface area contributed by atoms with E-state index in [0.29, 0.717) is 17.9 Å². The first kappa shape index (κ1) is 19.0. The SMILES string of the molecule is CCc1cccc2c(C(CC(=O)NCc3ccco3)c3ccccc3F)c[nH]c12. The zero-order valence-electron chi connectivity index (χ0n) is 16.2. The van der Waals surface area contributed by atoms with E-state index in [0.717, 1.165) is 22.9 Å². The van der Waals surface area contributed by atoms with Gasteiger partial charge in [-0.2, -0.15) is 0 Å². The Hall–Kier alpha value is -3.34. The number of carbonyl (C=O) groups is 1. The van der Waals surface area contributed by atoms with Crippen molar-refractivity contribution in [1.29, 1.82) is 0 Å². The summed E-state index contributed by atoms with van der Waals surface area (Å²) in [7, 11) is 0. The lowest BCUT2D eigenvalue weighted by Crippen LogP contribution is -2.25. The molecule has 29 heavy (non-hydrogen) atoms. The molecule has 1 amide bonds. The Bertz CT molecular complexity index is 1120. The molecule has 0 spiro atoms. The van der Waals surface area contributed by atoms with Gasteiger partial charge in [-0.1, -0.05) is 43.3 Å². The molecule has 4 rings (SSSR count). The molecule has 0 bridgehead atoms. The Balaban J connectivity index is 1.68. The smallest absolute Gasteiger partial charge is 0.221 e. The van der Waals surface area contributed by atoms with Crippen LogP contribution in [0.15, 0.2) is 71.5 Å². The van der Waals surface area contributed by atoms with Crippen LogP contribution in [0.4, 0.5) is 4.39 Å². The molecular weight excluding hydrogens is 367 g/mol. The Morgan fingerprint density at radius 1 is 1.10 bits per heavy atom. The van der Waals surface area contributed by atoms with Crippen LogP contribution < -0.4 is 5.32 Å². The van der Waals surface area contributed by atoms with E-state index >= 15 is 0 Å². The summed E-state index contributed by atoms with van der Waals surface area (Å²) in [5.74, 6) is -0.179. The number of hydrogen-bond acceptors (Lipinski definition) is 2. The number of carbonyl (C=O) groups excluding carboxylic acids is 1. The van der Waals surface area contributed by atoms with Gasteiger partial charge in [0.15, 0.2) is 0 Å². The van der Waals surface area contributed by atoms with Crippen LogP contribution in [0.3, 0.4) is 0 Å². The summed E-state index contributed by atoms with van der Waals surface area (Å²) < 4.78 is 19.9. The van der Waals surface area contributed by atoms with Gasteiger partial charge in [-0.3, -0.25) is 4.79 Å². The summed E-state index contributed by atoms with van der Waals surface area (Å²) >= 11 is 0. The highest BCUT2D eigenvalue weighted by atomic mass is 19.1. The van der Waals surface area contributed by atoms with Crippen LogP contribution in [0.2, 0.25) is 0 Å². The predicted octanol–water partition coefficient (Wildman–Crippen LogP) is 5.30. The molecule has 0 radical (unpaired) electrons. The van der Waals surface area contributed by atoms with Gasteiger partial charge in [-0.25, -0.2) is 4.39 Å². The largest absolute Gasteiger partial charge is 0.467 e. The second-order valence-corrected chi connectivity index (χ2v) is 7.07. The standard InChI is InChI=1S/C24H23FN2O2/c1-2-16-7-5-10-19-21(15-27-24(16)19)20(18-9-3-4-11-22(18)25)13-23(28)26-14-17-8-6-12-29-17/h3-12,15,20,27H,2,13-14H2,1H3,(H,26,28). The number of aryl methyl sites for hydroxylation is 1. The average molecular weight is 390 g/mol. The molecule has 0 aliphatic heterocycles. The molecule has 2 aromatic heterocycles. The van der Waals surface area contributed by atoms with Gasteiger partial charge in [0.2, 0.25) is 5.91 Å². The minimum absolute atomic E-state index is 0.144. The van der Waals surface area contributed by atoms with Crippen molar-refractivity contribution in [2.75, 3.05) is 0 Å². The van der Waals surface area contributed by atoms with Crippen molar-refractivity contribution in [3.05, 3.63) is 95.3 Å². The first-order valence-corrected chi connectivity index (χ1v) is 9.79. The van der Waals surface area contributed by atoms with Crippen molar-refractivity contribution in [2.45, 2.75) is 32.2 Å². The number of rotatable bonds is 7. The maximum absolute atomic E-state index is 14.7. The second-order valence-electron chi connectivity index (χ2n) is 7.07. The molecule has 0 aliphatic carbocycles. The monoisotopic (exact) mass is 390 g/mol. The van der Waals surface area contributed by atoms with Gasteiger partial charge in [0.05, 0.1) is 12.8 Å². The molecular formula is C24H23FN2O2. The van der Waals surface area contributed by atoms with Gasteiger partial charge in [0.1, 0.15) is 11.6 Å². The molecule has 4 nitrogen and oxygen atoms in total. The van der Waals surface area contributed by atoms with E-state index in [1.165, 1.54) is 11.6 Å². The van der Waals surface area contributed by atoms with Crippen molar-refractivity contribution in [3.63, 3.8) is 0 Å². The molecule has 0 aliphatic rings. The molecule has 4 aromatic rings. The number of halogens is 1. The molecule has 5 heteroatoms. The van der Waals surface area contributed by atoms with E-state index < -0.39 is 5.92 Å². The lowest BCUT2D eigenvalue weighted by molar-refractivity contribution is -0.121. The summed E-state index contributed by atoms with van der Waals surface area (Å²) in [4.78, 5) is 16.0. The number of benzene rings is 2. The maximum atomic E-state index is 14.7. The van der Waals surface area contributed by atoms with Crippen molar-refractivity contribution in [3.8, 4) is 0 Å². The molecule has 148 valence electrons. The minimum Gasteiger partial charge on any atom is -0.467 e. The molecule has 0 saturated heterocycles. The maximum Gasteiger partial charge on any atom is 0.221 e. The fourth-order valence-corrected chi connectivity index (χ4v) is 3.82. The van der Waals surface area contributed by atoms with Crippen LogP contribution in [0.1, 0.15) is 41.7 Å². The summed E-state index contributed by atoms with van der Waals surface area (Å²) in [6, 6.07) is 16.4. The first-order chi connectivity index (χ1) is 14.2. The van der Waals surface area contributed by atoms with Gasteiger partial charge < -0.3 is 14.7 Å². The Labute approximate surface area is 168 Å². The average Bonchev–Trinajstić information content (AvgIpc) is 3.41. The number of amides is 1. The van der Waals surface area contributed by atoms with Crippen molar-refractivity contribution >= 4 is 16.8 Å². The minimum atomic E-state index is -0.395. The predicted molar refractivity (Wildman–Crippen MR) is 111 cm³/mol. The number of fused-ring (bicyclic) bond motifs is 1. The van der Waals surface area contributed by atoms with E-state index in [1.54, 1.807) is 36.6 Å². The number of hydrogen-bond donors (Lipinski definition) is 2. The Morgan fingerprint density at radius 2 is 1.97 bits per heavy atom. The van der Waals surface area contributed by atoms with Crippen molar-refractivity contribution < 1.29 is 13.6 Å². The summed E-state index contributed by atoms with van der Waals surface area (Å²) in [6.45, 7) is 2.41.